The van der Waals surface area contributed by atoms with Gasteiger partial charge in [0.05, 0.1) is 17.6 Å². The van der Waals surface area contributed by atoms with Crippen LogP contribution in [0.1, 0.15) is 28.0 Å². The molecule has 0 saturated heterocycles. The van der Waals surface area contributed by atoms with Crippen molar-refractivity contribution in [2.45, 2.75) is 18.4 Å². The molecule has 1 unspecified atom stereocenters. The van der Waals surface area contributed by atoms with Gasteiger partial charge in [0.25, 0.3) is 0 Å². The molecule has 0 radical (unpaired) electrons. The lowest BCUT2D eigenvalue weighted by Crippen LogP contribution is -2.34. The van der Waals surface area contributed by atoms with Gasteiger partial charge in [0, 0.05) is 30.2 Å². The summed E-state index contributed by atoms with van der Waals surface area (Å²) in [7, 11) is 3.90. The molecule has 0 N–H and O–H groups in total. The summed E-state index contributed by atoms with van der Waals surface area (Å²) in [5.41, 5.74) is 4.22. The van der Waals surface area contributed by atoms with Gasteiger partial charge in [-0.1, -0.05) is 36.4 Å². The average molecular weight is 440 g/mol. The summed E-state index contributed by atoms with van der Waals surface area (Å²) < 4.78 is 12.8. The fourth-order valence-electron chi connectivity index (χ4n) is 5.07. The van der Waals surface area contributed by atoms with Crippen LogP contribution in [0.15, 0.2) is 72.1 Å². The van der Waals surface area contributed by atoms with E-state index in [2.05, 4.69) is 90.1 Å². The molecule has 32 heavy (non-hydrogen) atoms. The second kappa shape index (κ2) is 7.42. The Morgan fingerprint density at radius 1 is 1.06 bits per heavy atom. The van der Waals surface area contributed by atoms with Crippen LogP contribution in [0.2, 0.25) is 0 Å². The number of hydrogen-bond acceptors (Lipinski definition) is 4. The van der Waals surface area contributed by atoms with Crippen molar-refractivity contribution >= 4 is 33.9 Å². The van der Waals surface area contributed by atoms with Crippen molar-refractivity contribution in [3.8, 4) is 11.5 Å². The van der Waals surface area contributed by atoms with Gasteiger partial charge in [-0.2, -0.15) is 0 Å². The lowest BCUT2D eigenvalue weighted by Gasteiger charge is -2.37. The van der Waals surface area contributed by atoms with Crippen LogP contribution in [0.4, 0.5) is 5.69 Å². The van der Waals surface area contributed by atoms with E-state index in [4.69, 9.17) is 9.47 Å². The van der Waals surface area contributed by atoms with Gasteiger partial charge in [-0.15, -0.1) is 11.3 Å². The van der Waals surface area contributed by atoms with Gasteiger partial charge in [0.15, 0.2) is 5.60 Å². The number of methoxy groups -OCH3 is 1. The van der Waals surface area contributed by atoms with Gasteiger partial charge in [-0.3, -0.25) is 0 Å². The molecule has 2 aliphatic rings. The minimum absolute atomic E-state index is 0.665. The number of rotatable bonds is 3. The Balaban J connectivity index is 1.59. The molecule has 4 heteroatoms. The highest BCUT2D eigenvalue weighted by Crippen LogP contribution is 2.49. The number of aryl methyl sites for hydroxylation is 1. The van der Waals surface area contributed by atoms with Crippen molar-refractivity contribution in [3.05, 3.63) is 93.7 Å². The fraction of sp³-hybridized carbons (Fsp3) is 0.214. The number of ether oxygens (including phenoxy) is 2. The molecule has 160 valence electrons. The molecule has 3 heterocycles. The maximum atomic E-state index is 7.05. The van der Waals surface area contributed by atoms with Gasteiger partial charge in [-0.05, 0) is 65.6 Å². The van der Waals surface area contributed by atoms with E-state index >= 15 is 0 Å². The molecular weight excluding hydrogens is 414 g/mol. The molecule has 3 aromatic carbocycles. The predicted molar refractivity (Wildman–Crippen MR) is 133 cm³/mol. The van der Waals surface area contributed by atoms with Crippen molar-refractivity contribution in [2.75, 3.05) is 25.6 Å². The maximum Gasteiger partial charge on any atom is 0.187 e. The molecule has 0 amide bonds. The number of anilines is 1. The minimum atomic E-state index is -0.665. The zero-order valence-electron chi connectivity index (χ0n) is 18.3. The second-order valence-electron chi connectivity index (χ2n) is 8.56. The smallest absolute Gasteiger partial charge is 0.187 e. The Labute approximate surface area is 192 Å². The van der Waals surface area contributed by atoms with Crippen LogP contribution in [0.3, 0.4) is 0 Å². The van der Waals surface area contributed by atoms with Crippen LogP contribution in [0.25, 0.3) is 16.8 Å². The predicted octanol–water partition coefficient (Wildman–Crippen LogP) is 6.64. The summed E-state index contributed by atoms with van der Waals surface area (Å²) in [5, 5.41) is 4.34. The third-order valence-corrected chi connectivity index (χ3v) is 7.70. The Kier molecular flexibility index (Phi) is 4.51. The zero-order valence-corrected chi connectivity index (χ0v) is 19.1. The number of nitrogens with zero attached hydrogens (tertiary/aromatic N) is 1. The summed E-state index contributed by atoms with van der Waals surface area (Å²) in [5.74, 6) is 1.72. The SMILES string of the molecule is COc1cc2ccccc2c2c1C=CC(c1ccc3c(c1)CCCN3C)(c1cccs1)O2. The molecule has 0 spiro atoms. The van der Waals surface area contributed by atoms with E-state index in [-0.39, 0.29) is 0 Å². The highest BCUT2D eigenvalue weighted by molar-refractivity contribution is 7.10. The Morgan fingerprint density at radius 3 is 2.81 bits per heavy atom. The summed E-state index contributed by atoms with van der Waals surface area (Å²) in [6.07, 6.45) is 6.66. The molecular formula is C28H25NO2S. The first-order valence-corrected chi connectivity index (χ1v) is 11.9. The van der Waals surface area contributed by atoms with E-state index in [1.807, 2.05) is 0 Å². The van der Waals surface area contributed by atoms with Crippen LogP contribution in [0.5, 0.6) is 11.5 Å². The highest BCUT2D eigenvalue weighted by atomic mass is 32.1. The Morgan fingerprint density at radius 2 is 1.97 bits per heavy atom. The normalized spacial score (nSPS) is 19.4. The number of benzene rings is 3. The largest absolute Gasteiger partial charge is 0.496 e. The molecule has 4 aromatic rings. The quantitative estimate of drug-likeness (QED) is 0.357. The van der Waals surface area contributed by atoms with Gasteiger partial charge in [-0.25, -0.2) is 0 Å². The maximum absolute atomic E-state index is 7.05. The van der Waals surface area contributed by atoms with E-state index in [9.17, 15) is 0 Å². The van der Waals surface area contributed by atoms with E-state index in [0.717, 1.165) is 40.8 Å². The summed E-state index contributed by atoms with van der Waals surface area (Å²) in [6, 6.07) is 21.6. The van der Waals surface area contributed by atoms with Crippen LogP contribution in [-0.2, 0) is 12.0 Å². The third kappa shape index (κ3) is 2.86. The fourth-order valence-corrected chi connectivity index (χ4v) is 5.94. The molecule has 3 nitrogen and oxygen atoms in total. The number of fused-ring (bicyclic) bond motifs is 4. The van der Waals surface area contributed by atoms with Crippen molar-refractivity contribution in [1.29, 1.82) is 0 Å². The standard InChI is InChI=1S/C28H25NO2S/c1-29-15-5-8-20-17-21(11-12-24(20)29)28(26-10-6-16-32-26)14-13-23-25(30-2)18-19-7-3-4-9-22(19)27(23)31-28/h3-4,6-7,9-14,16-18H,5,8,15H2,1-2H3. The average Bonchev–Trinajstić information content (AvgIpc) is 3.39. The minimum Gasteiger partial charge on any atom is -0.496 e. The molecule has 2 aliphatic heterocycles. The molecule has 6 rings (SSSR count). The van der Waals surface area contributed by atoms with Crippen molar-refractivity contribution < 1.29 is 9.47 Å². The molecule has 0 saturated carbocycles. The van der Waals surface area contributed by atoms with Gasteiger partial charge in [0.1, 0.15) is 11.5 Å². The Hall–Kier alpha value is -3.24. The third-order valence-electron chi connectivity index (χ3n) is 6.72. The molecule has 0 bridgehead atoms. The van der Waals surface area contributed by atoms with E-state index in [1.165, 1.54) is 28.1 Å². The zero-order chi connectivity index (χ0) is 21.7. The molecule has 0 aliphatic carbocycles. The molecule has 0 fully saturated rings. The Bertz CT molecular complexity index is 1340. The van der Waals surface area contributed by atoms with E-state index in [0.29, 0.717) is 0 Å². The van der Waals surface area contributed by atoms with Gasteiger partial charge >= 0.3 is 0 Å². The summed E-state index contributed by atoms with van der Waals surface area (Å²) in [6.45, 7) is 1.11. The first-order chi connectivity index (χ1) is 15.7. The lowest BCUT2D eigenvalue weighted by atomic mass is 9.85. The van der Waals surface area contributed by atoms with Crippen LogP contribution < -0.4 is 14.4 Å². The van der Waals surface area contributed by atoms with Gasteiger partial charge < -0.3 is 14.4 Å². The van der Waals surface area contributed by atoms with Crippen molar-refractivity contribution in [1.82, 2.24) is 0 Å². The summed E-state index contributed by atoms with van der Waals surface area (Å²) >= 11 is 1.73. The topological polar surface area (TPSA) is 21.7 Å². The van der Waals surface area contributed by atoms with Gasteiger partial charge in [0.2, 0.25) is 0 Å². The van der Waals surface area contributed by atoms with Crippen LogP contribution in [0, 0.1) is 0 Å². The summed E-state index contributed by atoms with van der Waals surface area (Å²) in [4.78, 5) is 3.53. The highest BCUT2D eigenvalue weighted by Gasteiger charge is 2.40. The molecule has 1 aromatic heterocycles. The van der Waals surface area contributed by atoms with Crippen molar-refractivity contribution in [3.63, 3.8) is 0 Å². The first kappa shape index (κ1) is 19.4. The number of hydrogen-bond donors (Lipinski definition) is 0. The second-order valence-corrected chi connectivity index (χ2v) is 9.51. The molecule has 1 atom stereocenters. The van der Waals surface area contributed by atoms with E-state index in [1.54, 1.807) is 18.4 Å². The van der Waals surface area contributed by atoms with Crippen LogP contribution >= 0.6 is 11.3 Å². The monoisotopic (exact) mass is 439 g/mol. The lowest BCUT2D eigenvalue weighted by molar-refractivity contribution is 0.166. The van der Waals surface area contributed by atoms with Crippen molar-refractivity contribution in [2.24, 2.45) is 0 Å². The van der Waals surface area contributed by atoms with E-state index < -0.39 is 5.60 Å². The number of thiophene rings is 1. The van der Waals surface area contributed by atoms with Crippen LogP contribution in [-0.4, -0.2) is 20.7 Å². The first-order valence-electron chi connectivity index (χ1n) is 11.1.